The number of esters is 3. The Morgan fingerprint density at radius 1 is 1.06 bits per heavy atom. The van der Waals surface area contributed by atoms with Crippen molar-refractivity contribution in [2.45, 2.75) is 166 Å². The van der Waals surface area contributed by atoms with Gasteiger partial charge in [0.25, 0.3) is 0 Å². The number of fused-ring (bicyclic) bond motifs is 3. The molecule has 2 aliphatic heterocycles. The van der Waals surface area contributed by atoms with E-state index in [1.165, 1.54) is 70.3 Å². The highest BCUT2D eigenvalue weighted by molar-refractivity contribution is 5.92. The van der Waals surface area contributed by atoms with Gasteiger partial charge in [-0.2, -0.15) is 0 Å². The molecule has 266 valence electrons. The highest BCUT2D eigenvalue weighted by atomic mass is 16.7. The summed E-state index contributed by atoms with van der Waals surface area (Å²) < 4.78 is 22.7. The van der Waals surface area contributed by atoms with E-state index in [1.807, 2.05) is 13.0 Å². The quantitative estimate of drug-likeness (QED) is 0.0334. The van der Waals surface area contributed by atoms with E-state index < -0.39 is 53.8 Å². The first-order valence-corrected chi connectivity index (χ1v) is 18.2. The summed E-state index contributed by atoms with van der Waals surface area (Å²) in [6.07, 6.45) is 19.3. The Hall–Kier alpha value is -2.49. The zero-order chi connectivity index (χ0) is 34.2. The summed E-state index contributed by atoms with van der Waals surface area (Å²) in [4.78, 5) is 37.9. The van der Waals surface area contributed by atoms with Crippen LogP contribution >= 0.6 is 0 Å². The van der Waals surface area contributed by atoms with Crippen LogP contribution in [0.5, 0.6) is 0 Å². The average Bonchev–Trinajstić information content (AvgIpc) is 3.68. The van der Waals surface area contributed by atoms with E-state index in [0.29, 0.717) is 25.7 Å². The maximum Gasteiger partial charge on any atom is 0.334 e. The topological polar surface area (TPSA) is 132 Å². The summed E-state index contributed by atoms with van der Waals surface area (Å²) in [7, 11) is 0. The molecule has 1 aliphatic carbocycles. The minimum atomic E-state index is -0.782. The molecule has 0 spiro atoms. The third kappa shape index (κ3) is 12.5. The van der Waals surface area contributed by atoms with Crippen LogP contribution in [0.3, 0.4) is 0 Å². The largest absolute Gasteiger partial charge is 0.461 e. The lowest BCUT2D eigenvalue weighted by Gasteiger charge is -2.28. The van der Waals surface area contributed by atoms with Gasteiger partial charge in [-0.15, -0.1) is 0 Å². The molecule has 3 rings (SSSR count). The number of allylic oxidation sites excluding steroid dienone is 1. The molecule has 6 atom stereocenters. The van der Waals surface area contributed by atoms with Gasteiger partial charge in [-0.1, -0.05) is 109 Å². The van der Waals surface area contributed by atoms with Gasteiger partial charge in [-0.3, -0.25) is 4.79 Å². The fourth-order valence-corrected chi connectivity index (χ4v) is 6.82. The normalized spacial score (nSPS) is 27.6. The van der Waals surface area contributed by atoms with E-state index in [-0.39, 0.29) is 30.8 Å². The molecule has 2 N–H and O–H groups in total. The molecule has 0 unspecified atom stereocenters. The summed E-state index contributed by atoms with van der Waals surface area (Å²) in [5, 5.41) is 20.3. The third-order valence-corrected chi connectivity index (χ3v) is 9.89. The number of carbonyl (C=O) groups excluding carboxylic acids is 3. The van der Waals surface area contributed by atoms with Crippen LogP contribution in [0.25, 0.3) is 0 Å². The Bertz CT molecular complexity index is 1090. The van der Waals surface area contributed by atoms with Crippen molar-refractivity contribution in [3.05, 3.63) is 35.5 Å². The molecule has 0 amide bonds. The number of carbonyl (C=O) groups is 3. The fourth-order valence-electron chi connectivity index (χ4n) is 6.82. The van der Waals surface area contributed by atoms with Crippen molar-refractivity contribution in [1.82, 2.24) is 0 Å². The first-order valence-electron chi connectivity index (χ1n) is 18.2. The van der Waals surface area contributed by atoms with Crippen LogP contribution in [-0.2, 0) is 33.3 Å². The van der Waals surface area contributed by atoms with Gasteiger partial charge < -0.3 is 29.2 Å². The standard InChI is InChI=1S/C38H60O9/c1-5-6-7-8-9-10-11-12-13-14-15-16-17-20-30(40)25-32(41)44-23-21-28(3)36(42)45-31-24-27(2)19-18-22-38(26-39)35(47-38)34-33(31)29(4)37(43)46-34/h19,21,30-31,33-35,39-40H,4-18,20,22-26H2,1-3H3/b27-19+,28-21+/t30-,31-,33-,34+,35-,38+/m1/s1. The van der Waals surface area contributed by atoms with E-state index in [9.17, 15) is 24.6 Å². The molecule has 0 aromatic heterocycles. The minimum absolute atomic E-state index is 0.0823. The Morgan fingerprint density at radius 3 is 2.30 bits per heavy atom. The Labute approximate surface area is 282 Å². The first-order chi connectivity index (χ1) is 22.6. The summed E-state index contributed by atoms with van der Waals surface area (Å²) in [5.74, 6) is -2.29. The maximum atomic E-state index is 13.1. The minimum Gasteiger partial charge on any atom is -0.461 e. The molecule has 0 aromatic rings. The molecule has 2 fully saturated rings. The van der Waals surface area contributed by atoms with Crippen LogP contribution in [0.15, 0.2) is 35.5 Å². The molecule has 0 aromatic carbocycles. The van der Waals surface area contributed by atoms with Crippen molar-refractivity contribution in [2.24, 2.45) is 5.92 Å². The smallest absolute Gasteiger partial charge is 0.334 e. The monoisotopic (exact) mass is 660 g/mol. The number of rotatable bonds is 21. The molecule has 2 heterocycles. The van der Waals surface area contributed by atoms with Gasteiger partial charge in [0, 0.05) is 17.6 Å². The van der Waals surface area contributed by atoms with E-state index >= 15 is 0 Å². The van der Waals surface area contributed by atoms with E-state index in [2.05, 4.69) is 13.5 Å². The second-order valence-corrected chi connectivity index (χ2v) is 13.9. The van der Waals surface area contributed by atoms with Crippen LogP contribution in [0, 0.1) is 5.92 Å². The highest BCUT2D eigenvalue weighted by Crippen LogP contribution is 2.50. The van der Waals surface area contributed by atoms with Crippen LogP contribution in [-0.4, -0.2) is 71.4 Å². The molecule has 47 heavy (non-hydrogen) atoms. The van der Waals surface area contributed by atoms with Gasteiger partial charge in [0.15, 0.2) is 0 Å². The maximum absolute atomic E-state index is 13.1. The lowest BCUT2D eigenvalue weighted by molar-refractivity contribution is -0.149. The third-order valence-electron chi connectivity index (χ3n) is 9.89. The number of ether oxygens (including phenoxy) is 4. The molecule has 3 aliphatic rings. The predicted molar refractivity (Wildman–Crippen MR) is 180 cm³/mol. The van der Waals surface area contributed by atoms with Gasteiger partial charge in [0.2, 0.25) is 0 Å². The summed E-state index contributed by atoms with van der Waals surface area (Å²) in [6, 6.07) is 0. The van der Waals surface area contributed by atoms with Crippen LogP contribution in [0.2, 0.25) is 0 Å². The number of unbranched alkanes of at least 4 members (excludes halogenated alkanes) is 12. The molecule has 2 saturated heterocycles. The molecule has 9 heteroatoms. The van der Waals surface area contributed by atoms with E-state index in [0.717, 1.165) is 24.8 Å². The van der Waals surface area contributed by atoms with Crippen LogP contribution in [0.4, 0.5) is 0 Å². The van der Waals surface area contributed by atoms with Crippen molar-refractivity contribution in [2.75, 3.05) is 13.2 Å². The van der Waals surface area contributed by atoms with Crippen molar-refractivity contribution < 1.29 is 43.5 Å². The Balaban J connectivity index is 1.34. The summed E-state index contributed by atoms with van der Waals surface area (Å²) in [5.41, 5.74) is 0.671. The number of aliphatic hydroxyl groups excluding tert-OH is 2. The molecule has 0 saturated carbocycles. The number of hydrogen-bond donors (Lipinski definition) is 2. The van der Waals surface area contributed by atoms with Gasteiger partial charge in [0.05, 0.1) is 25.0 Å². The van der Waals surface area contributed by atoms with E-state index in [1.54, 1.807) is 6.92 Å². The van der Waals surface area contributed by atoms with Gasteiger partial charge >= 0.3 is 17.9 Å². The summed E-state index contributed by atoms with van der Waals surface area (Å²) in [6.45, 7) is 9.37. The highest BCUT2D eigenvalue weighted by Gasteiger charge is 2.65. The Morgan fingerprint density at radius 2 is 1.68 bits per heavy atom. The number of aliphatic hydroxyl groups is 2. The molecular weight excluding hydrogens is 600 g/mol. The van der Waals surface area contributed by atoms with Gasteiger partial charge in [-0.05, 0) is 39.2 Å². The van der Waals surface area contributed by atoms with Gasteiger partial charge in [0.1, 0.15) is 30.5 Å². The Kier molecular flexibility index (Phi) is 16.7. The first kappa shape index (κ1) is 39.0. The summed E-state index contributed by atoms with van der Waals surface area (Å²) >= 11 is 0. The molecular formula is C38H60O9. The van der Waals surface area contributed by atoms with Crippen molar-refractivity contribution >= 4 is 17.9 Å². The lowest BCUT2D eigenvalue weighted by Crippen LogP contribution is -2.39. The fraction of sp³-hybridized carbons (Fsp3) is 0.763. The van der Waals surface area contributed by atoms with Crippen LogP contribution < -0.4 is 0 Å². The second-order valence-electron chi connectivity index (χ2n) is 13.9. The molecule has 0 bridgehead atoms. The SMILES string of the molecule is C=C1C(=O)O[C@H]2[C@H]1[C@H](OC(=O)/C(C)=C/COC(=O)C[C@H](O)CCCCCCCCCCCCCCC)C/C(C)=C/CC[C@@]1(CO)O[C@H]21. The van der Waals surface area contributed by atoms with Crippen molar-refractivity contribution in [3.63, 3.8) is 0 Å². The molecule has 9 nitrogen and oxygen atoms in total. The number of epoxide rings is 1. The van der Waals surface area contributed by atoms with Crippen molar-refractivity contribution in [1.29, 1.82) is 0 Å². The number of hydrogen-bond acceptors (Lipinski definition) is 9. The van der Waals surface area contributed by atoms with Crippen molar-refractivity contribution in [3.8, 4) is 0 Å². The second kappa shape index (κ2) is 20.1. The van der Waals surface area contributed by atoms with Gasteiger partial charge in [-0.25, -0.2) is 9.59 Å². The van der Waals surface area contributed by atoms with E-state index in [4.69, 9.17) is 18.9 Å². The van der Waals surface area contributed by atoms with Crippen LogP contribution in [0.1, 0.15) is 136 Å². The lowest BCUT2D eigenvalue weighted by atomic mass is 9.81. The zero-order valence-corrected chi connectivity index (χ0v) is 29.1. The zero-order valence-electron chi connectivity index (χ0n) is 29.1. The predicted octanol–water partition coefficient (Wildman–Crippen LogP) is 6.98. The average molecular weight is 661 g/mol. The molecule has 0 radical (unpaired) electrons.